The van der Waals surface area contributed by atoms with Gasteiger partial charge in [-0.1, -0.05) is 26.8 Å². The van der Waals surface area contributed by atoms with Crippen molar-refractivity contribution in [3.05, 3.63) is 35.5 Å². The summed E-state index contributed by atoms with van der Waals surface area (Å²) >= 11 is 0. The average Bonchev–Trinajstić information content (AvgIpc) is 2.36. The van der Waals surface area contributed by atoms with Crippen molar-refractivity contribution >= 4 is 10.9 Å². The molecule has 0 saturated carbocycles. The van der Waals surface area contributed by atoms with Crippen molar-refractivity contribution in [2.45, 2.75) is 39.5 Å². The number of hydrogen-bond donors (Lipinski definition) is 1. The number of fused-ring (bicyclic) bond motifs is 1. The van der Waals surface area contributed by atoms with Gasteiger partial charge in [-0.2, -0.15) is 0 Å². The van der Waals surface area contributed by atoms with Gasteiger partial charge in [0.15, 0.2) is 0 Å². The van der Waals surface area contributed by atoms with E-state index < -0.39 is 0 Å². The molecular formula is C15H19NO. The molecule has 1 N–H and O–H groups in total. The Kier molecular flexibility index (Phi) is 3.32. The molecule has 1 aromatic heterocycles. The Bertz CT molecular complexity index is 534. The highest BCUT2D eigenvalue weighted by atomic mass is 16.3. The molecule has 0 saturated heterocycles. The molecule has 90 valence electrons. The predicted octanol–water partition coefficient (Wildman–Crippen LogP) is 4.02. The Morgan fingerprint density at radius 2 is 2.00 bits per heavy atom. The SMILES string of the molecule is CCc1ccc2nc(C(C)CC)c(O)cc2c1. The fourth-order valence-corrected chi connectivity index (χ4v) is 2.01. The number of aromatic nitrogens is 1. The van der Waals surface area contributed by atoms with Crippen molar-refractivity contribution in [2.24, 2.45) is 0 Å². The lowest BCUT2D eigenvalue weighted by Crippen LogP contribution is -1.97. The molecule has 2 aromatic rings. The van der Waals surface area contributed by atoms with Crippen molar-refractivity contribution in [1.29, 1.82) is 0 Å². The minimum absolute atomic E-state index is 0.297. The molecule has 2 heteroatoms. The Morgan fingerprint density at radius 3 is 2.65 bits per heavy atom. The highest BCUT2D eigenvalue weighted by Gasteiger charge is 2.11. The summed E-state index contributed by atoms with van der Waals surface area (Å²) in [5.41, 5.74) is 3.05. The lowest BCUT2D eigenvalue weighted by molar-refractivity contribution is 0.458. The van der Waals surface area contributed by atoms with Gasteiger partial charge in [0, 0.05) is 11.3 Å². The number of benzene rings is 1. The second kappa shape index (κ2) is 4.74. The zero-order valence-electron chi connectivity index (χ0n) is 10.7. The van der Waals surface area contributed by atoms with Crippen LogP contribution in [-0.2, 0) is 6.42 Å². The lowest BCUT2D eigenvalue weighted by atomic mass is 10.0. The van der Waals surface area contributed by atoms with E-state index in [0.717, 1.165) is 29.4 Å². The summed E-state index contributed by atoms with van der Waals surface area (Å²) in [5, 5.41) is 11.0. The topological polar surface area (TPSA) is 33.1 Å². The number of nitrogens with zero attached hydrogens (tertiary/aromatic N) is 1. The first-order valence-electron chi connectivity index (χ1n) is 6.28. The maximum absolute atomic E-state index is 10.0. The van der Waals surface area contributed by atoms with Crippen LogP contribution < -0.4 is 0 Å². The second-order valence-corrected chi connectivity index (χ2v) is 4.58. The summed E-state index contributed by atoms with van der Waals surface area (Å²) in [5.74, 6) is 0.616. The summed E-state index contributed by atoms with van der Waals surface area (Å²) in [6, 6.07) is 8.08. The molecule has 2 nitrogen and oxygen atoms in total. The normalized spacial score (nSPS) is 12.9. The molecule has 0 aliphatic heterocycles. The standard InChI is InChI=1S/C15H19NO/c1-4-10(3)15-14(17)9-12-8-11(5-2)6-7-13(12)16-15/h6-10,17H,4-5H2,1-3H3. The van der Waals surface area contributed by atoms with Crippen LogP contribution in [0.2, 0.25) is 0 Å². The van der Waals surface area contributed by atoms with E-state index in [9.17, 15) is 5.11 Å². The summed E-state index contributed by atoms with van der Waals surface area (Å²) in [6.07, 6.45) is 1.99. The number of pyridine rings is 1. The molecule has 0 bridgehead atoms. The minimum Gasteiger partial charge on any atom is -0.506 e. The van der Waals surface area contributed by atoms with Gasteiger partial charge in [-0.3, -0.25) is 0 Å². The first-order valence-corrected chi connectivity index (χ1v) is 6.28. The van der Waals surface area contributed by atoms with Crippen LogP contribution in [-0.4, -0.2) is 10.1 Å². The maximum atomic E-state index is 10.0. The van der Waals surface area contributed by atoms with Crippen LogP contribution in [0.1, 0.15) is 44.4 Å². The summed E-state index contributed by atoms with van der Waals surface area (Å²) in [6.45, 7) is 6.33. The monoisotopic (exact) mass is 229 g/mol. The van der Waals surface area contributed by atoms with Gasteiger partial charge >= 0.3 is 0 Å². The molecule has 1 aromatic carbocycles. The van der Waals surface area contributed by atoms with Gasteiger partial charge in [0.05, 0.1) is 11.2 Å². The number of aryl methyl sites for hydroxylation is 1. The van der Waals surface area contributed by atoms with Crippen molar-refractivity contribution in [3.8, 4) is 5.75 Å². The molecule has 1 atom stereocenters. The van der Waals surface area contributed by atoms with Gasteiger partial charge in [-0.25, -0.2) is 4.98 Å². The Hall–Kier alpha value is -1.57. The average molecular weight is 229 g/mol. The van der Waals surface area contributed by atoms with Crippen molar-refractivity contribution in [1.82, 2.24) is 4.98 Å². The molecule has 0 fully saturated rings. The van der Waals surface area contributed by atoms with Gasteiger partial charge in [0.2, 0.25) is 0 Å². The molecule has 0 aliphatic rings. The van der Waals surface area contributed by atoms with Gasteiger partial charge in [0.1, 0.15) is 5.75 Å². The van der Waals surface area contributed by atoms with E-state index >= 15 is 0 Å². The van der Waals surface area contributed by atoms with Gasteiger partial charge in [-0.05, 0) is 36.6 Å². The third-order valence-electron chi connectivity index (χ3n) is 3.37. The first kappa shape index (κ1) is 11.9. The minimum atomic E-state index is 0.297. The van der Waals surface area contributed by atoms with Crippen LogP contribution in [0.3, 0.4) is 0 Å². The molecule has 0 radical (unpaired) electrons. The summed E-state index contributed by atoms with van der Waals surface area (Å²) < 4.78 is 0. The van der Waals surface area contributed by atoms with E-state index in [2.05, 4.69) is 37.9 Å². The Labute approximate surface area is 102 Å². The molecule has 0 aliphatic carbocycles. The van der Waals surface area contributed by atoms with Gasteiger partial charge in [-0.15, -0.1) is 0 Å². The molecule has 0 spiro atoms. The predicted molar refractivity (Wildman–Crippen MR) is 71.5 cm³/mol. The molecule has 1 heterocycles. The molecular weight excluding hydrogens is 210 g/mol. The summed E-state index contributed by atoms with van der Waals surface area (Å²) in [7, 11) is 0. The van der Waals surface area contributed by atoms with Crippen LogP contribution in [0.25, 0.3) is 10.9 Å². The quantitative estimate of drug-likeness (QED) is 0.862. The van der Waals surface area contributed by atoms with Crippen LogP contribution in [0, 0.1) is 0 Å². The van der Waals surface area contributed by atoms with Crippen LogP contribution in [0.15, 0.2) is 24.3 Å². The lowest BCUT2D eigenvalue weighted by Gasteiger charge is -2.11. The first-order chi connectivity index (χ1) is 8.15. The smallest absolute Gasteiger partial charge is 0.137 e. The van der Waals surface area contributed by atoms with E-state index in [1.165, 1.54) is 5.56 Å². The largest absolute Gasteiger partial charge is 0.506 e. The van der Waals surface area contributed by atoms with E-state index in [0.29, 0.717) is 11.7 Å². The number of hydrogen-bond acceptors (Lipinski definition) is 2. The molecule has 2 rings (SSSR count). The van der Waals surface area contributed by atoms with Crippen LogP contribution in [0.4, 0.5) is 0 Å². The van der Waals surface area contributed by atoms with Gasteiger partial charge in [0.25, 0.3) is 0 Å². The van der Waals surface area contributed by atoms with Crippen molar-refractivity contribution < 1.29 is 5.11 Å². The van der Waals surface area contributed by atoms with E-state index in [1.807, 2.05) is 12.1 Å². The highest BCUT2D eigenvalue weighted by Crippen LogP contribution is 2.29. The number of aromatic hydroxyl groups is 1. The third kappa shape index (κ3) is 2.26. The van der Waals surface area contributed by atoms with Crippen LogP contribution >= 0.6 is 0 Å². The van der Waals surface area contributed by atoms with Gasteiger partial charge < -0.3 is 5.11 Å². The van der Waals surface area contributed by atoms with Crippen molar-refractivity contribution in [2.75, 3.05) is 0 Å². The molecule has 17 heavy (non-hydrogen) atoms. The Balaban J connectivity index is 2.58. The fraction of sp³-hybridized carbons (Fsp3) is 0.400. The molecule has 1 unspecified atom stereocenters. The number of rotatable bonds is 3. The maximum Gasteiger partial charge on any atom is 0.137 e. The highest BCUT2D eigenvalue weighted by molar-refractivity contribution is 5.81. The van der Waals surface area contributed by atoms with Crippen LogP contribution in [0.5, 0.6) is 5.75 Å². The fourth-order valence-electron chi connectivity index (χ4n) is 2.01. The van der Waals surface area contributed by atoms with E-state index in [-0.39, 0.29) is 0 Å². The van der Waals surface area contributed by atoms with E-state index in [4.69, 9.17) is 0 Å². The third-order valence-corrected chi connectivity index (χ3v) is 3.37. The zero-order valence-corrected chi connectivity index (χ0v) is 10.7. The molecule has 0 amide bonds. The second-order valence-electron chi connectivity index (χ2n) is 4.58. The summed E-state index contributed by atoms with van der Waals surface area (Å²) in [4.78, 5) is 4.57. The van der Waals surface area contributed by atoms with Crippen molar-refractivity contribution in [3.63, 3.8) is 0 Å². The zero-order chi connectivity index (χ0) is 12.4. The Morgan fingerprint density at radius 1 is 1.24 bits per heavy atom. The van der Waals surface area contributed by atoms with E-state index in [1.54, 1.807) is 0 Å².